The minimum absolute atomic E-state index is 0.152. The van der Waals surface area contributed by atoms with Gasteiger partial charge in [-0.25, -0.2) is 13.1 Å². The summed E-state index contributed by atoms with van der Waals surface area (Å²) in [6, 6.07) is 6.31. The molecule has 0 bridgehead atoms. The summed E-state index contributed by atoms with van der Waals surface area (Å²) in [5, 5.41) is 0. The van der Waals surface area contributed by atoms with Gasteiger partial charge in [0.15, 0.2) is 0 Å². The van der Waals surface area contributed by atoms with E-state index in [4.69, 9.17) is 5.84 Å². The third kappa shape index (κ3) is 2.92. The molecule has 84 valence electrons. The Labute approximate surface area is 89.7 Å². The number of para-hydroxylation sites is 1. The van der Waals surface area contributed by atoms with E-state index in [0.717, 1.165) is 0 Å². The lowest BCUT2D eigenvalue weighted by molar-refractivity contribution is 0.570. The van der Waals surface area contributed by atoms with Gasteiger partial charge in [0.25, 0.3) is 0 Å². The average Bonchev–Trinajstić information content (AvgIpc) is 2.16. The average molecular weight is 229 g/mol. The molecule has 0 aliphatic carbocycles. The molecule has 0 radical (unpaired) electrons. The number of nitrogen functional groups attached to an aromatic ring is 1. The number of sulfonamides is 1. The van der Waals surface area contributed by atoms with Crippen LogP contribution in [0.4, 0.5) is 5.69 Å². The van der Waals surface area contributed by atoms with E-state index in [9.17, 15) is 8.42 Å². The molecule has 0 heterocycles. The first-order valence-corrected chi connectivity index (χ1v) is 6.03. The van der Waals surface area contributed by atoms with E-state index >= 15 is 0 Å². The SMILES string of the molecule is CC(C)NS(=O)(=O)c1ccccc1NN. The monoisotopic (exact) mass is 229 g/mol. The summed E-state index contributed by atoms with van der Waals surface area (Å²) in [4.78, 5) is 0.154. The van der Waals surface area contributed by atoms with Gasteiger partial charge in [0.05, 0.1) is 5.69 Å². The van der Waals surface area contributed by atoms with E-state index < -0.39 is 10.0 Å². The first-order valence-electron chi connectivity index (χ1n) is 4.55. The summed E-state index contributed by atoms with van der Waals surface area (Å²) in [5.74, 6) is 5.24. The highest BCUT2D eigenvalue weighted by Gasteiger charge is 2.18. The number of anilines is 1. The summed E-state index contributed by atoms with van der Waals surface area (Å²) < 4.78 is 26.1. The smallest absolute Gasteiger partial charge is 0.242 e. The molecule has 1 aromatic carbocycles. The molecule has 0 aliphatic heterocycles. The lowest BCUT2D eigenvalue weighted by atomic mass is 10.3. The summed E-state index contributed by atoms with van der Waals surface area (Å²) >= 11 is 0. The van der Waals surface area contributed by atoms with Crippen molar-refractivity contribution in [1.82, 2.24) is 4.72 Å². The molecule has 1 rings (SSSR count). The normalized spacial score (nSPS) is 11.7. The Kier molecular flexibility index (Phi) is 3.67. The number of nitrogens with two attached hydrogens (primary N) is 1. The summed E-state index contributed by atoms with van der Waals surface area (Å²) in [7, 11) is -3.49. The van der Waals surface area contributed by atoms with Crippen molar-refractivity contribution in [2.45, 2.75) is 24.8 Å². The number of hydrogen-bond acceptors (Lipinski definition) is 4. The van der Waals surface area contributed by atoms with Crippen molar-refractivity contribution in [2.75, 3.05) is 5.43 Å². The van der Waals surface area contributed by atoms with Crippen LogP contribution in [0, 0.1) is 0 Å². The number of hydrogen-bond donors (Lipinski definition) is 3. The lowest BCUT2D eigenvalue weighted by Crippen LogP contribution is -2.31. The van der Waals surface area contributed by atoms with Crippen LogP contribution in [-0.4, -0.2) is 14.5 Å². The highest BCUT2D eigenvalue weighted by atomic mass is 32.2. The molecule has 0 aliphatic rings. The Bertz CT molecular complexity index is 429. The van der Waals surface area contributed by atoms with Crippen LogP contribution in [0.25, 0.3) is 0 Å². The molecule has 0 unspecified atom stereocenters. The zero-order chi connectivity index (χ0) is 11.5. The predicted molar refractivity (Wildman–Crippen MR) is 59.7 cm³/mol. The van der Waals surface area contributed by atoms with Gasteiger partial charge in [0.2, 0.25) is 10.0 Å². The fourth-order valence-corrected chi connectivity index (χ4v) is 2.62. The molecule has 0 atom stereocenters. The first-order chi connectivity index (χ1) is 6.97. The van der Waals surface area contributed by atoms with Crippen LogP contribution in [0.5, 0.6) is 0 Å². The fourth-order valence-electron chi connectivity index (χ4n) is 1.19. The van der Waals surface area contributed by atoms with Gasteiger partial charge in [-0.2, -0.15) is 0 Å². The van der Waals surface area contributed by atoms with Crippen molar-refractivity contribution in [3.8, 4) is 0 Å². The van der Waals surface area contributed by atoms with Crippen molar-refractivity contribution in [3.05, 3.63) is 24.3 Å². The Hall–Kier alpha value is -1.11. The summed E-state index contributed by atoms with van der Waals surface area (Å²) in [6.07, 6.45) is 0. The number of nitrogens with one attached hydrogen (secondary N) is 2. The molecule has 0 spiro atoms. The van der Waals surface area contributed by atoms with Crippen molar-refractivity contribution in [3.63, 3.8) is 0 Å². The van der Waals surface area contributed by atoms with Crippen LogP contribution in [0.2, 0.25) is 0 Å². The van der Waals surface area contributed by atoms with Gasteiger partial charge in [0.1, 0.15) is 4.90 Å². The number of hydrazine groups is 1. The molecule has 6 heteroatoms. The number of benzene rings is 1. The highest BCUT2D eigenvalue weighted by Crippen LogP contribution is 2.19. The minimum atomic E-state index is -3.49. The fraction of sp³-hybridized carbons (Fsp3) is 0.333. The van der Waals surface area contributed by atoms with E-state index in [2.05, 4.69) is 10.1 Å². The Morgan fingerprint density at radius 2 is 1.87 bits per heavy atom. The summed E-state index contributed by atoms with van der Waals surface area (Å²) in [5.41, 5.74) is 2.74. The third-order valence-corrected chi connectivity index (χ3v) is 3.44. The molecule has 0 amide bonds. The van der Waals surface area contributed by atoms with Gasteiger partial charge in [-0.15, -0.1) is 0 Å². The van der Waals surface area contributed by atoms with E-state index in [1.54, 1.807) is 32.0 Å². The Balaban J connectivity index is 3.15. The maximum Gasteiger partial charge on any atom is 0.242 e. The van der Waals surface area contributed by atoms with Crippen molar-refractivity contribution >= 4 is 15.7 Å². The maximum atomic E-state index is 11.8. The Morgan fingerprint density at radius 3 is 2.40 bits per heavy atom. The van der Waals surface area contributed by atoms with Gasteiger partial charge < -0.3 is 5.43 Å². The van der Waals surface area contributed by atoms with Crippen LogP contribution in [0.1, 0.15) is 13.8 Å². The van der Waals surface area contributed by atoms with E-state index in [0.29, 0.717) is 5.69 Å². The third-order valence-electron chi connectivity index (χ3n) is 1.72. The molecule has 0 fully saturated rings. The Morgan fingerprint density at radius 1 is 1.27 bits per heavy atom. The van der Waals surface area contributed by atoms with Crippen molar-refractivity contribution in [2.24, 2.45) is 5.84 Å². The van der Waals surface area contributed by atoms with Crippen LogP contribution < -0.4 is 16.0 Å². The molecule has 0 saturated carbocycles. The maximum absolute atomic E-state index is 11.8. The van der Waals surface area contributed by atoms with Gasteiger partial charge in [0, 0.05) is 6.04 Å². The van der Waals surface area contributed by atoms with Gasteiger partial charge in [-0.05, 0) is 26.0 Å². The van der Waals surface area contributed by atoms with Crippen molar-refractivity contribution in [1.29, 1.82) is 0 Å². The molecular formula is C9H15N3O2S. The molecule has 5 nitrogen and oxygen atoms in total. The van der Waals surface area contributed by atoms with E-state index in [1.807, 2.05) is 0 Å². The second kappa shape index (κ2) is 4.61. The number of rotatable bonds is 4. The van der Waals surface area contributed by atoms with Crippen LogP contribution >= 0.6 is 0 Å². The molecule has 0 saturated heterocycles. The van der Waals surface area contributed by atoms with Crippen LogP contribution in [-0.2, 0) is 10.0 Å². The second-order valence-corrected chi connectivity index (χ2v) is 5.10. The standard InChI is InChI=1S/C9H15N3O2S/c1-7(2)12-15(13,14)9-6-4-3-5-8(9)11-10/h3-7,11-12H,10H2,1-2H3. The first kappa shape index (κ1) is 12.0. The van der Waals surface area contributed by atoms with Crippen LogP contribution in [0.3, 0.4) is 0 Å². The van der Waals surface area contributed by atoms with Gasteiger partial charge in [-0.3, -0.25) is 5.84 Å². The largest absolute Gasteiger partial charge is 0.323 e. The predicted octanol–water partition coefficient (Wildman–Crippen LogP) is 0.659. The minimum Gasteiger partial charge on any atom is -0.323 e. The van der Waals surface area contributed by atoms with Crippen molar-refractivity contribution < 1.29 is 8.42 Å². The van der Waals surface area contributed by atoms with E-state index in [-0.39, 0.29) is 10.9 Å². The molecule has 0 aromatic heterocycles. The van der Waals surface area contributed by atoms with Crippen LogP contribution in [0.15, 0.2) is 29.2 Å². The molecular weight excluding hydrogens is 214 g/mol. The highest BCUT2D eigenvalue weighted by molar-refractivity contribution is 7.89. The zero-order valence-electron chi connectivity index (χ0n) is 8.69. The molecule has 15 heavy (non-hydrogen) atoms. The lowest BCUT2D eigenvalue weighted by Gasteiger charge is -2.12. The second-order valence-electron chi connectivity index (χ2n) is 3.42. The molecule has 1 aromatic rings. The van der Waals surface area contributed by atoms with Gasteiger partial charge >= 0.3 is 0 Å². The zero-order valence-corrected chi connectivity index (χ0v) is 9.51. The molecule has 4 N–H and O–H groups in total. The quantitative estimate of drug-likeness (QED) is 0.523. The topological polar surface area (TPSA) is 84.2 Å². The van der Waals surface area contributed by atoms with E-state index in [1.165, 1.54) is 6.07 Å². The summed E-state index contributed by atoms with van der Waals surface area (Å²) in [6.45, 7) is 3.52. The van der Waals surface area contributed by atoms with Gasteiger partial charge in [-0.1, -0.05) is 12.1 Å².